The van der Waals surface area contributed by atoms with Gasteiger partial charge in [-0.3, -0.25) is 0 Å². The Kier molecular flexibility index (Phi) is 5.43. The summed E-state index contributed by atoms with van der Waals surface area (Å²) in [6.07, 6.45) is 8.36. The van der Waals surface area contributed by atoms with Gasteiger partial charge in [0.1, 0.15) is 5.82 Å². The van der Waals surface area contributed by atoms with Gasteiger partial charge in [0.25, 0.3) is 0 Å². The van der Waals surface area contributed by atoms with Crippen molar-refractivity contribution in [1.82, 2.24) is 14.7 Å². The lowest BCUT2D eigenvalue weighted by Gasteiger charge is -2.26. The Morgan fingerprint density at radius 2 is 1.85 bits per heavy atom. The van der Waals surface area contributed by atoms with Crippen molar-refractivity contribution in [2.24, 2.45) is 0 Å². The number of rotatable bonds is 5. The lowest BCUT2D eigenvalue weighted by Crippen LogP contribution is -2.31. The third kappa shape index (κ3) is 4.00. The molecular formula is C21H28N4O2. The zero-order valence-corrected chi connectivity index (χ0v) is 15.8. The number of hydrogen-bond acceptors (Lipinski definition) is 4. The number of carbonyl (C=O) groups is 1. The number of fused-ring (bicyclic) bond motifs is 1. The van der Waals surface area contributed by atoms with Crippen molar-refractivity contribution in [3.63, 3.8) is 0 Å². The third-order valence-corrected chi connectivity index (χ3v) is 5.69. The number of carboxylic acids is 1. The molecule has 0 saturated carbocycles. The first-order valence-corrected chi connectivity index (χ1v) is 10.1. The van der Waals surface area contributed by atoms with Crippen LogP contribution in [0.5, 0.6) is 0 Å². The van der Waals surface area contributed by atoms with Gasteiger partial charge in [-0.2, -0.15) is 5.10 Å². The maximum atomic E-state index is 11.1. The Balaban J connectivity index is 1.60. The highest BCUT2D eigenvalue weighted by Gasteiger charge is 2.21. The molecule has 6 nitrogen and oxygen atoms in total. The van der Waals surface area contributed by atoms with E-state index in [4.69, 9.17) is 10.2 Å². The summed E-state index contributed by atoms with van der Waals surface area (Å²) in [7, 11) is 0. The highest BCUT2D eigenvalue weighted by Crippen LogP contribution is 2.28. The molecule has 0 unspecified atom stereocenters. The number of aromatic carboxylic acids is 1. The quantitative estimate of drug-likeness (QED) is 0.847. The van der Waals surface area contributed by atoms with Crippen molar-refractivity contribution in [1.29, 1.82) is 0 Å². The molecule has 0 atom stereocenters. The molecule has 1 aromatic carbocycles. The summed E-state index contributed by atoms with van der Waals surface area (Å²) in [6, 6.07) is 6.99. The predicted molar refractivity (Wildman–Crippen MR) is 106 cm³/mol. The first kappa shape index (κ1) is 18.0. The molecule has 0 amide bonds. The molecule has 1 fully saturated rings. The van der Waals surface area contributed by atoms with Crippen LogP contribution in [0.25, 0.3) is 5.69 Å². The topological polar surface area (TPSA) is 70.4 Å². The molecule has 27 heavy (non-hydrogen) atoms. The zero-order valence-electron chi connectivity index (χ0n) is 15.8. The molecule has 3 heterocycles. The van der Waals surface area contributed by atoms with Gasteiger partial charge in [-0.15, -0.1) is 0 Å². The lowest BCUT2D eigenvalue weighted by atomic mass is 10.1. The van der Waals surface area contributed by atoms with Crippen molar-refractivity contribution in [2.45, 2.75) is 44.9 Å². The van der Waals surface area contributed by atoms with Crippen LogP contribution in [-0.2, 0) is 12.8 Å². The summed E-state index contributed by atoms with van der Waals surface area (Å²) in [5.74, 6) is 0.186. The molecule has 2 aliphatic rings. The SMILES string of the molecule is O=C(O)c1ccc(-n2nc(CCN3CCCCC3)c3c2NCCCC3)cc1. The molecule has 0 radical (unpaired) electrons. The second-order valence-corrected chi connectivity index (χ2v) is 7.57. The Hall–Kier alpha value is -2.34. The van der Waals surface area contributed by atoms with Crippen LogP contribution in [0, 0.1) is 0 Å². The molecule has 144 valence electrons. The average Bonchev–Trinajstić information content (AvgIpc) is 2.87. The van der Waals surface area contributed by atoms with E-state index in [1.165, 1.54) is 50.0 Å². The standard InChI is InChI=1S/C21H28N4O2/c26-21(27)16-7-9-17(10-8-16)25-20-18(6-2-3-12-22-20)19(23-25)11-15-24-13-4-1-5-14-24/h7-10,22H,1-6,11-15H2,(H,26,27). The van der Waals surface area contributed by atoms with E-state index in [9.17, 15) is 4.79 Å². The highest BCUT2D eigenvalue weighted by molar-refractivity contribution is 5.87. The van der Waals surface area contributed by atoms with Crippen LogP contribution < -0.4 is 5.32 Å². The van der Waals surface area contributed by atoms with Crippen LogP contribution in [0.4, 0.5) is 5.82 Å². The van der Waals surface area contributed by atoms with Crippen LogP contribution >= 0.6 is 0 Å². The molecular weight excluding hydrogens is 340 g/mol. The smallest absolute Gasteiger partial charge is 0.335 e. The van der Waals surface area contributed by atoms with Crippen LogP contribution in [-0.4, -0.2) is 51.9 Å². The van der Waals surface area contributed by atoms with Gasteiger partial charge in [0.2, 0.25) is 0 Å². The molecule has 0 bridgehead atoms. The van der Waals surface area contributed by atoms with Crippen LogP contribution in [0.3, 0.4) is 0 Å². The summed E-state index contributed by atoms with van der Waals surface area (Å²) < 4.78 is 1.97. The van der Waals surface area contributed by atoms with Gasteiger partial charge < -0.3 is 15.3 Å². The number of aromatic nitrogens is 2. The van der Waals surface area contributed by atoms with Crippen molar-refractivity contribution < 1.29 is 9.90 Å². The largest absolute Gasteiger partial charge is 0.478 e. The Bertz CT molecular complexity index is 791. The van der Waals surface area contributed by atoms with E-state index in [1.54, 1.807) is 12.1 Å². The Morgan fingerprint density at radius 1 is 1.07 bits per heavy atom. The molecule has 0 spiro atoms. The third-order valence-electron chi connectivity index (χ3n) is 5.69. The number of anilines is 1. The van der Waals surface area contributed by atoms with Gasteiger partial charge in [0.15, 0.2) is 0 Å². The maximum Gasteiger partial charge on any atom is 0.335 e. The highest BCUT2D eigenvalue weighted by atomic mass is 16.4. The fraction of sp³-hybridized carbons (Fsp3) is 0.524. The number of likely N-dealkylation sites (tertiary alicyclic amines) is 1. The van der Waals surface area contributed by atoms with E-state index < -0.39 is 5.97 Å². The van der Waals surface area contributed by atoms with Crippen molar-refractivity contribution >= 4 is 11.8 Å². The van der Waals surface area contributed by atoms with E-state index in [2.05, 4.69) is 10.2 Å². The normalized spacial score (nSPS) is 17.8. The van der Waals surface area contributed by atoms with E-state index >= 15 is 0 Å². The molecule has 2 aliphatic heterocycles. The van der Waals surface area contributed by atoms with E-state index in [-0.39, 0.29) is 0 Å². The number of nitrogens with one attached hydrogen (secondary N) is 1. The summed E-state index contributed by atoms with van der Waals surface area (Å²) in [6.45, 7) is 4.44. The van der Waals surface area contributed by atoms with Crippen LogP contribution in [0.15, 0.2) is 24.3 Å². The summed E-state index contributed by atoms with van der Waals surface area (Å²) >= 11 is 0. The lowest BCUT2D eigenvalue weighted by molar-refractivity contribution is 0.0697. The molecule has 2 N–H and O–H groups in total. The van der Waals surface area contributed by atoms with Gasteiger partial charge in [0.05, 0.1) is 16.9 Å². The minimum atomic E-state index is -0.902. The van der Waals surface area contributed by atoms with Gasteiger partial charge in [0, 0.05) is 25.1 Å². The summed E-state index contributed by atoms with van der Waals surface area (Å²) in [4.78, 5) is 13.7. The number of nitrogens with zero attached hydrogens (tertiary/aromatic N) is 3. The van der Waals surface area contributed by atoms with Gasteiger partial charge in [-0.1, -0.05) is 6.42 Å². The predicted octanol–water partition coefficient (Wildman–Crippen LogP) is 3.35. The number of benzene rings is 1. The zero-order chi connectivity index (χ0) is 18.6. The minimum Gasteiger partial charge on any atom is -0.478 e. The number of carboxylic acid groups (broad SMARTS) is 1. The second kappa shape index (κ2) is 8.13. The van der Waals surface area contributed by atoms with E-state index in [0.29, 0.717) is 5.56 Å². The summed E-state index contributed by atoms with van der Waals surface area (Å²) in [5.41, 5.74) is 3.74. The summed E-state index contributed by atoms with van der Waals surface area (Å²) in [5, 5.41) is 17.6. The van der Waals surface area contributed by atoms with E-state index in [1.807, 2.05) is 16.8 Å². The fourth-order valence-electron chi connectivity index (χ4n) is 4.15. The first-order valence-electron chi connectivity index (χ1n) is 10.1. The first-order chi connectivity index (χ1) is 13.2. The van der Waals surface area contributed by atoms with Gasteiger partial charge in [-0.05, 0) is 69.5 Å². The van der Waals surface area contributed by atoms with Crippen molar-refractivity contribution in [3.05, 3.63) is 41.1 Å². The number of hydrogen-bond donors (Lipinski definition) is 2. The Morgan fingerprint density at radius 3 is 2.59 bits per heavy atom. The van der Waals surface area contributed by atoms with Crippen LogP contribution in [0.2, 0.25) is 0 Å². The van der Waals surface area contributed by atoms with Crippen molar-refractivity contribution in [3.8, 4) is 5.69 Å². The molecule has 1 aromatic heterocycles. The Labute approximate surface area is 160 Å². The fourth-order valence-corrected chi connectivity index (χ4v) is 4.15. The van der Waals surface area contributed by atoms with Gasteiger partial charge >= 0.3 is 5.97 Å². The molecule has 2 aromatic rings. The molecule has 0 aliphatic carbocycles. The van der Waals surface area contributed by atoms with Gasteiger partial charge in [-0.25, -0.2) is 9.48 Å². The molecule has 4 rings (SSSR count). The molecule has 1 saturated heterocycles. The minimum absolute atomic E-state index is 0.301. The number of piperidine rings is 1. The van der Waals surface area contributed by atoms with Crippen LogP contribution in [0.1, 0.15) is 53.7 Å². The van der Waals surface area contributed by atoms with E-state index in [0.717, 1.165) is 43.9 Å². The molecule has 6 heteroatoms. The van der Waals surface area contributed by atoms with Crippen molar-refractivity contribution in [2.75, 3.05) is 31.5 Å². The average molecular weight is 368 g/mol. The second-order valence-electron chi connectivity index (χ2n) is 7.57. The maximum absolute atomic E-state index is 11.1. The monoisotopic (exact) mass is 368 g/mol.